The number of hydrogen-bond donors (Lipinski definition) is 4. The third-order valence-electron chi connectivity index (χ3n) is 1.36. The number of carbonyl (C=O) groups is 1. The molecule has 2 atom stereocenters. The molecule has 0 amide bonds. The van der Waals surface area contributed by atoms with Gasteiger partial charge >= 0.3 is 5.97 Å². The molecule has 0 aromatic heterocycles. The molecule has 0 bridgehead atoms. The van der Waals surface area contributed by atoms with Gasteiger partial charge in [0, 0.05) is 11.5 Å². The molecule has 5 nitrogen and oxygen atoms in total. The molecule has 0 saturated carbocycles. The standard InChI is InChI=1S/C7H14O5S/c1-7(12,6(10)11)4-13-3-5(9)2-8/h5,8-9,12H,2-4H2,1H3,(H,10,11). The Morgan fingerprint density at radius 1 is 1.62 bits per heavy atom. The molecule has 0 spiro atoms. The van der Waals surface area contributed by atoms with Crippen molar-refractivity contribution in [3.63, 3.8) is 0 Å². The van der Waals surface area contributed by atoms with E-state index in [0.29, 0.717) is 0 Å². The van der Waals surface area contributed by atoms with Gasteiger partial charge in [-0.25, -0.2) is 4.79 Å². The summed E-state index contributed by atoms with van der Waals surface area (Å²) in [6.45, 7) is 0.829. The third-order valence-corrected chi connectivity index (χ3v) is 2.75. The Bertz CT molecular complexity index is 170. The lowest BCUT2D eigenvalue weighted by molar-refractivity contribution is -0.154. The maximum absolute atomic E-state index is 10.4. The van der Waals surface area contributed by atoms with Gasteiger partial charge in [0.2, 0.25) is 0 Å². The Labute approximate surface area is 80.4 Å². The molecule has 78 valence electrons. The minimum Gasteiger partial charge on any atom is -0.479 e. The smallest absolute Gasteiger partial charge is 0.336 e. The SMILES string of the molecule is CC(O)(CSCC(O)CO)C(=O)O. The lowest BCUT2D eigenvalue weighted by Crippen LogP contribution is -2.38. The van der Waals surface area contributed by atoms with E-state index in [1.807, 2.05) is 0 Å². The molecule has 2 unspecified atom stereocenters. The Kier molecular flexibility index (Phi) is 5.31. The summed E-state index contributed by atoms with van der Waals surface area (Å²) in [7, 11) is 0. The van der Waals surface area contributed by atoms with Gasteiger partial charge in [0.25, 0.3) is 0 Å². The molecule has 0 rings (SSSR count). The maximum atomic E-state index is 10.4. The summed E-state index contributed by atoms with van der Waals surface area (Å²) in [4.78, 5) is 10.4. The molecule has 0 saturated heterocycles. The van der Waals surface area contributed by atoms with Gasteiger partial charge in [-0.15, -0.1) is 0 Å². The highest BCUT2D eigenvalue weighted by molar-refractivity contribution is 7.99. The van der Waals surface area contributed by atoms with E-state index in [1.165, 1.54) is 6.92 Å². The number of thioether (sulfide) groups is 1. The van der Waals surface area contributed by atoms with E-state index in [9.17, 15) is 9.90 Å². The van der Waals surface area contributed by atoms with E-state index in [1.54, 1.807) is 0 Å². The number of carboxylic acid groups (broad SMARTS) is 1. The van der Waals surface area contributed by atoms with Gasteiger partial charge in [0.05, 0.1) is 12.7 Å². The maximum Gasteiger partial charge on any atom is 0.336 e. The summed E-state index contributed by atoms with van der Waals surface area (Å²) in [6.07, 6.45) is -0.866. The van der Waals surface area contributed by atoms with Gasteiger partial charge in [0.15, 0.2) is 5.60 Å². The number of aliphatic carboxylic acids is 1. The zero-order valence-electron chi connectivity index (χ0n) is 7.30. The fraction of sp³-hybridized carbons (Fsp3) is 0.857. The van der Waals surface area contributed by atoms with E-state index >= 15 is 0 Å². The van der Waals surface area contributed by atoms with Crippen molar-refractivity contribution in [2.45, 2.75) is 18.6 Å². The van der Waals surface area contributed by atoms with Gasteiger partial charge in [-0.05, 0) is 6.92 Å². The molecule has 13 heavy (non-hydrogen) atoms. The largest absolute Gasteiger partial charge is 0.479 e. The van der Waals surface area contributed by atoms with Crippen LogP contribution in [0.3, 0.4) is 0 Å². The summed E-state index contributed by atoms with van der Waals surface area (Å²) in [6, 6.07) is 0. The number of hydrogen-bond acceptors (Lipinski definition) is 5. The highest BCUT2D eigenvalue weighted by atomic mass is 32.2. The molecule has 0 aliphatic heterocycles. The molecule has 0 aromatic carbocycles. The van der Waals surface area contributed by atoms with Crippen LogP contribution in [0.5, 0.6) is 0 Å². The van der Waals surface area contributed by atoms with Crippen molar-refractivity contribution in [2.75, 3.05) is 18.1 Å². The summed E-state index contributed by atoms with van der Waals surface area (Å²) in [5, 5.41) is 35.0. The Morgan fingerprint density at radius 3 is 2.54 bits per heavy atom. The van der Waals surface area contributed by atoms with Crippen molar-refractivity contribution in [3.05, 3.63) is 0 Å². The topological polar surface area (TPSA) is 98.0 Å². The quantitative estimate of drug-likeness (QED) is 0.444. The monoisotopic (exact) mass is 210 g/mol. The Morgan fingerprint density at radius 2 is 2.15 bits per heavy atom. The van der Waals surface area contributed by atoms with Crippen molar-refractivity contribution in [1.82, 2.24) is 0 Å². The van der Waals surface area contributed by atoms with E-state index < -0.39 is 17.7 Å². The molecule has 0 radical (unpaired) electrons. The second-order valence-corrected chi connectivity index (χ2v) is 3.96. The lowest BCUT2D eigenvalue weighted by atomic mass is 10.1. The molecule has 4 N–H and O–H groups in total. The minimum absolute atomic E-state index is 0.0145. The fourth-order valence-electron chi connectivity index (χ4n) is 0.508. The van der Waals surface area contributed by atoms with Crippen molar-refractivity contribution in [1.29, 1.82) is 0 Å². The van der Waals surface area contributed by atoms with E-state index in [2.05, 4.69) is 0 Å². The minimum atomic E-state index is -1.78. The van der Waals surface area contributed by atoms with Gasteiger partial charge < -0.3 is 20.4 Å². The first-order valence-electron chi connectivity index (χ1n) is 3.72. The van der Waals surface area contributed by atoms with Crippen LogP contribution in [-0.2, 0) is 4.79 Å². The van der Waals surface area contributed by atoms with Gasteiger partial charge in [-0.1, -0.05) is 0 Å². The zero-order chi connectivity index (χ0) is 10.5. The molecule has 0 aromatic rings. The van der Waals surface area contributed by atoms with Gasteiger partial charge in [0.1, 0.15) is 0 Å². The van der Waals surface area contributed by atoms with Crippen LogP contribution >= 0.6 is 11.8 Å². The molecule has 0 fully saturated rings. The van der Waals surface area contributed by atoms with Crippen LogP contribution in [-0.4, -0.2) is 56.2 Å². The second-order valence-electron chi connectivity index (χ2n) is 2.93. The normalized spacial score (nSPS) is 17.8. The van der Waals surface area contributed by atoms with Crippen molar-refractivity contribution in [3.8, 4) is 0 Å². The average Bonchev–Trinajstić information content (AvgIpc) is 2.03. The summed E-state index contributed by atoms with van der Waals surface area (Å²) in [5.41, 5.74) is -1.78. The van der Waals surface area contributed by atoms with E-state index in [4.69, 9.17) is 15.3 Å². The van der Waals surface area contributed by atoms with Gasteiger partial charge in [-0.2, -0.15) is 11.8 Å². The van der Waals surface area contributed by atoms with Crippen LogP contribution in [0, 0.1) is 0 Å². The number of aliphatic hydroxyl groups excluding tert-OH is 2. The van der Waals surface area contributed by atoms with Crippen LogP contribution in [0.25, 0.3) is 0 Å². The highest BCUT2D eigenvalue weighted by Gasteiger charge is 2.29. The van der Waals surface area contributed by atoms with Gasteiger partial charge in [-0.3, -0.25) is 0 Å². The Hall–Kier alpha value is -0.300. The van der Waals surface area contributed by atoms with Crippen LogP contribution in [0.2, 0.25) is 0 Å². The lowest BCUT2D eigenvalue weighted by Gasteiger charge is -2.17. The van der Waals surface area contributed by atoms with Crippen LogP contribution in [0.1, 0.15) is 6.92 Å². The predicted octanol–water partition coefficient (Wildman–Crippen LogP) is -1.09. The first-order chi connectivity index (χ1) is 5.90. The van der Waals surface area contributed by atoms with Crippen LogP contribution < -0.4 is 0 Å². The fourth-order valence-corrected chi connectivity index (χ4v) is 1.52. The zero-order valence-corrected chi connectivity index (χ0v) is 8.12. The summed E-state index contributed by atoms with van der Waals surface area (Å²) < 4.78 is 0. The highest BCUT2D eigenvalue weighted by Crippen LogP contribution is 2.14. The predicted molar refractivity (Wildman–Crippen MR) is 48.7 cm³/mol. The molecular formula is C7H14O5S. The number of aliphatic hydroxyl groups is 3. The first-order valence-corrected chi connectivity index (χ1v) is 4.88. The molecule has 0 aliphatic rings. The summed E-state index contributed by atoms with van der Waals surface area (Å²) >= 11 is 1.08. The second kappa shape index (κ2) is 5.43. The number of rotatable bonds is 6. The third kappa shape index (κ3) is 5.09. The first kappa shape index (κ1) is 12.7. The van der Waals surface area contributed by atoms with Crippen LogP contribution in [0.4, 0.5) is 0 Å². The molecular weight excluding hydrogens is 196 g/mol. The molecule has 0 aliphatic carbocycles. The average molecular weight is 210 g/mol. The summed E-state index contributed by atoms with van der Waals surface area (Å²) in [5.74, 6) is -1.10. The Balaban J connectivity index is 3.70. The molecule has 0 heterocycles. The molecule has 6 heteroatoms. The van der Waals surface area contributed by atoms with Crippen molar-refractivity contribution in [2.24, 2.45) is 0 Å². The number of carboxylic acids is 1. The van der Waals surface area contributed by atoms with Crippen LogP contribution in [0.15, 0.2) is 0 Å². The van der Waals surface area contributed by atoms with E-state index in [0.717, 1.165) is 11.8 Å². The van der Waals surface area contributed by atoms with E-state index in [-0.39, 0.29) is 18.1 Å². The van der Waals surface area contributed by atoms with Crippen molar-refractivity contribution >= 4 is 17.7 Å². The van der Waals surface area contributed by atoms with Crippen molar-refractivity contribution < 1.29 is 25.2 Å².